The highest BCUT2D eigenvalue weighted by molar-refractivity contribution is 7.99. The second kappa shape index (κ2) is 7.51. The van der Waals surface area contributed by atoms with E-state index < -0.39 is 0 Å². The van der Waals surface area contributed by atoms with E-state index in [4.69, 9.17) is 17.0 Å². The van der Waals surface area contributed by atoms with Crippen LogP contribution in [-0.4, -0.2) is 37.7 Å². The van der Waals surface area contributed by atoms with Crippen LogP contribution >= 0.6 is 24.0 Å². The first-order valence-corrected chi connectivity index (χ1v) is 8.05. The van der Waals surface area contributed by atoms with Gasteiger partial charge in [0.25, 0.3) is 0 Å². The first-order valence-electron chi connectivity index (χ1n) is 6.83. The van der Waals surface area contributed by atoms with Crippen LogP contribution in [0.1, 0.15) is 20.8 Å². The van der Waals surface area contributed by atoms with Crippen molar-refractivity contribution in [3.8, 4) is 5.88 Å². The van der Waals surface area contributed by atoms with Gasteiger partial charge in [-0.3, -0.25) is 0 Å². The topological polar surface area (TPSA) is 84.9 Å². The van der Waals surface area contributed by atoms with Crippen molar-refractivity contribution in [3.63, 3.8) is 0 Å². The molecule has 0 aliphatic heterocycles. The van der Waals surface area contributed by atoms with Gasteiger partial charge in [-0.2, -0.15) is 4.98 Å². The largest absolute Gasteiger partial charge is 0.481 e. The van der Waals surface area contributed by atoms with Crippen molar-refractivity contribution in [1.82, 2.24) is 25.3 Å². The molecule has 9 heteroatoms. The second-order valence-corrected chi connectivity index (χ2v) is 6.93. The Hall–Kier alpha value is -2.00. The molecule has 0 atom stereocenters. The molecule has 0 radical (unpaired) electrons. The highest BCUT2D eigenvalue weighted by atomic mass is 32.2. The lowest BCUT2D eigenvalue weighted by molar-refractivity contribution is 0.396. The molecule has 0 fully saturated rings. The van der Waals surface area contributed by atoms with E-state index in [0.717, 1.165) is 0 Å². The molecule has 7 nitrogen and oxygen atoms in total. The van der Waals surface area contributed by atoms with E-state index in [9.17, 15) is 0 Å². The first kappa shape index (κ1) is 17.4. The number of methoxy groups -OCH3 is 1. The van der Waals surface area contributed by atoms with Gasteiger partial charge in [0.2, 0.25) is 11.8 Å². The third-order valence-electron chi connectivity index (χ3n) is 2.34. The summed E-state index contributed by atoms with van der Waals surface area (Å²) in [5.74, 6) is 0.782. The van der Waals surface area contributed by atoms with Crippen LogP contribution in [-0.2, 0) is 0 Å². The summed E-state index contributed by atoms with van der Waals surface area (Å²) in [6.45, 7) is 6.05. The molecule has 0 amide bonds. The summed E-state index contributed by atoms with van der Waals surface area (Å²) in [5, 5.41) is 7.80. The number of hydrogen-bond donors (Lipinski definition) is 2. The van der Waals surface area contributed by atoms with Gasteiger partial charge in [0.15, 0.2) is 10.3 Å². The monoisotopic (exact) mass is 350 g/mol. The molecule has 23 heavy (non-hydrogen) atoms. The molecule has 0 aliphatic rings. The van der Waals surface area contributed by atoms with Crippen molar-refractivity contribution in [3.05, 3.63) is 24.5 Å². The maximum atomic E-state index is 5.26. The molecule has 2 N–H and O–H groups in total. The molecule has 2 heterocycles. The fourth-order valence-electron chi connectivity index (χ4n) is 1.52. The van der Waals surface area contributed by atoms with Gasteiger partial charge in [-0.15, -0.1) is 0 Å². The quantitative estimate of drug-likeness (QED) is 0.491. The Morgan fingerprint density at radius 1 is 1.22 bits per heavy atom. The zero-order valence-corrected chi connectivity index (χ0v) is 15.0. The first-order chi connectivity index (χ1) is 10.9. The van der Waals surface area contributed by atoms with Crippen LogP contribution < -0.4 is 15.4 Å². The van der Waals surface area contributed by atoms with E-state index >= 15 is 0 Å². The van der Waals surface area contributed by atoms with E-state index in [2.05, 4.69) is 30.6 Å². The van der Waals surface area contributed by atoms with Crippen molar-refractivity contribution in [1.29, 1.82) is 0 Å². The number of ether oxygens (including phenoxy) is 1. The Bertz CT molecular complexity index is 675. The van der Waals surface area contributed by atoms with Crippen molar-refractivity contribution >= 4 is 35.0 Å². The number of nitrogens with one attached hydrogen (secondary N) is 2. The second-order valence-electron chi connectivity index (χ2n) is 5.53. The Labute approximate surface area is 144 Å². The third kappa shape index (κ3) is 5.95. The molecule has 122 valence electrons. The summed E-state index contributed by atoms with van der Waals surface area (Å²) in [6.07, 6.45) is 3.35. The lowest BCUT2D eigenvalue weighted by atomic mass is 10.1. The Morgan fingerprint density at radius 2 is 1.91 bits per heavy atom. The summed E-state index contributed by atoms with van der Waals surface area (Å²) in [5.41, 5.74) is -0.154. The normalized spacial score (nSPS) is 11.0. The minimum Gasteiger partial charge on any atom is -0.481 e. The fourth-order valence-corrected chi connectivity index (χ4v) is 2.63. The number of hydrogen-bond acceptors (Lipinski definition) is 7. The summed E-state index contributed by atoms with van der Waals surface area (Å²) < 4.78 is 5.21. The van der Waals surface area contributed by atoms with Crippen molar-refractivity contribution in [2.45, 2.75) is 36.5 Å². The molecule has 0 unspecified atom stereocenters. The third-order valence-corrected chi connectivity index (χ3v) is 3.36. The van der Waals surface area contributed by atoms with E-state index in [1.807, 2.05) is 20.8 Å². The highest BCUT2D eigenvalue weighted by Crippen LogP contribution is 2.25. The predicted molar refractivity (Wildman–Crippen MR) is 93.8 cm³/mol. The van der Waals surface area contributed by atoms with Crippen LogP contribution in [0.25, 0.3) is 0 Å². The lowest BCUT2D eigenvalue weighted by Gasteiger charge is -2.22. The molecule has 2 aromatic rings. The number of rotatable bonds is 4. The molecule has 0 aromatic carbocycles. The van der Waals surface area contributed by atoms with Gasteiger partial charge < -0.3 is 15.4 Å². The molecule has 0 spiro atoms. The highest BCUT2D eigenvalue weighted by Gasteiger charge is 2.13. The molecule has 0 aliphatic carbocycles. The van der Waals surface area contributed by atoms with Crippen LogP contribution in [0.15, 0.2) is 34.7 Å². The number of nitrogens with zero attached hydrogens (tertiary/aromatic N) is 4. The fraction of sp³-hybridized carbons (Fsp3) is 0.357. The maximum absolute atomic E-state index is 5.26. The van der Waals surface area contributed by atoms with Crippen LogP contribution in [0.3, 0.4) is 0 Å². The summed E-state index contributed by atoms with van der Waals surface area (Å²) in [7, 11) is 1.55. The number of thiocarbonyl (C=S) groups is 1. The van der Waals surface area contributed by atoms with Crippen LogP contribution in [0.2, 0.25) is 0 Å². The van der Waals surface area contributed by atoms with Gasteiger partial charge >= 0.3 is 0 Å². The van der Waals surface area contributed by atoms with Gasteiger partial charge in [-0.25, -0.2) is 15.0 Å². The van der Waals surface area contributed by atoms with Gasteiger partial charge in [-0.1, -0.05) is 0 Å². The zero-order chi connectivity index (χ0) is 16.9. The van der Waals surface area contributed by atoms with E-state index in [1.54, 1.807) is 31.6 Å². The van der Waals surface area contributed by atoms with Crippen molar-refractivity contribution in [2.75, 3.05) is 12.4 Å². The average molecular weight is 350 g/mol. The molecule has 2 aromatic heterocycles. The van der Waals surface area contributed by atoms with Gasteiger partial charge in [0, 0.05) is 24.0 Å². The molecular weight excluding hydrogens is 332 g/mol. The summed E-state index contributed by atoms with van der Waals surface area (Å²) in [4.78, 5) is 17.0. The predicted octanol–water partition coefficient (Wildman–Crippen LogP) is 2.51. The maximum Gasteiger partial charge on any atom is 0.233 e. The molecule has 0 bridgehead atoms. The van der Waals surface area contributed by atoms with Crippen molar-refractivity contribution < 1.29 is 4.74 Å². The molecule has 2 rings (SSSR count). The van der Waals surface area contributed by atoms with Gasteiger partial charge in [0.1, 0.15) is 5.03 Å². The molecular formula is C14H18N6OS2. The number of aromatic nitrogens is 4. The van der Waals surface area contributed by atoms with Gasteiger partial charge in [0.05, 0.1) is 7.11 Å². The van der Waals surface area contributed by atoms with E-state index in [-0.39, 0.29) is 5.54 Å². The van der Waals surface area contributed by atoms with Gasteiger partial charge in [-0.05, 0) is 50.8 Å². The minimum absolute atomic E-state index is 0.154. The Kier molecular flexibility index (Phi) is 5.67. The van der Waals surface area contributed by atoms with Crippen LogP contribution in [0, 0.1) is 0 Å². The Morgan fingerprint density at radius 3 is 2.52 bits per heavy atom. The van der Waals surface area contributed by atoms with Crippen molar-refractivity contribution in [2.24, 2.45) is 0 Å². The average Bonchev–Trinajstić information content (AvgIpc) is 2.45. The smallest absolute Gasteiger partial charge is 0.233 e. The SMILES string of the molecule is COc1cc(Sc2ncccn2)nc(NC(=S)NC(C)(C)C)n1. The van der Waals surface area contributed by atoms with E-state index in [0.29, 0.717) is 27.1 Å². The standard InChI is InChI=1S/C14H18N6OS2/c1-14(2,3)20-12(22)19-11-17-9(21-4)8-10(18-11)23-13-15-6-5-7-16-13/h5-8H,1-4H3,(H2,17,18,19,20,22). The Balaban J connectivity index is 2.17. The lowest BCUT2D eigenvalue weighted by Crippen LogP contribution is -2.43. The van der Waals surface area contributed by atoms with Crippen LogP contribution in [0.5, 0.6) is 5.88 Å². The molecule has 0 saturated heterocycles. The molecule has 0 saturated carbocycles. The number of anilines is 1. The zero-order valence-electron chi connectivity index (χ0n) is 13.3. The minimum atomic E-state index is -0.154. The van der Waals surface area contributed by atoms with E-state index in [1.165, 1.54) is 11.8 Å². The summed E-state index contributed by atoms with van der Waals surface area (Å²) >= 11 is 6.58. The van der Waals surface area contributed by atoms with Crippen LogP contribution in [0.4, 0.5) is 5.95 Å². The summed E-state index contributed by atoms with van der Waals surface area (Å²) in [6, 6.07) is 3.47.